The molecule has 0 radical (unpaired) electrons. The van der Waals surface area contributed by atoms with E-state index in [0.717, 1.165) is 35.5 Å². The first-order chi connectivity index (χ1) is 13.2. The van der Waals surface area contributed by atoms with Crippen LogP contribution in [0, 0.1) is 0 Å². The summed E-state index contributed by atoms with van der Waals surface area (Å²) in [5.74, 6) is 0.162. The van der Waals surface area contributed by atoms with Gasteiger partial charge in [-0.05, 0) is 30.5 Å². The lowest BCUT2D eigenvalue weighted by molar-refractivity contribution is -0.117. The highest BCUT2D eigenvalue weighted by molar-refractivity contribution is 5.97. The lowest BCUT2D eigenvalue weighted by Crippen LogP contribution is -2.28. The second-order valence-corrected chi connectivity index (χ2v) is 6.08. The number of rotatable bonds is 7. The van der Waals surface area contributed by atoms with Crippen LogP contribution in [-0.2, 0) is 17.6 Å². The lowest BCUT2D eigenvalue weighted by atomic mass is 10.1. The Morgan fingerprint density at radius 2 is 1.52 bits per heavy atom. The van der Waals surface area contributed by atoms with Gasteiger partial charge in [-0.15, -0.1) is 5.10 Å². The van der Waals surface area contributed by atoms with E-state index in [1.165, 1.54) is 0 Å². The number of para-hydroxylation sites is 1. The summed E-state index contributed by atoms with van der Waals surface area (Å²) in [4.78, 5) is 17.5. The second-order valence-electron chi connectivity index (χ2n) is 6.08. The first-order valence-electron chi connectivity index (χ1n) is 9.11. The normalized spacial score (nSPS) is 11.6. The van der Waals surface area contributed by atoms with E-state index in [4.69, 9.17) is 0 Å². The molecule has 1 amide bonds. The minimum atomic E-state index is -0.634. The van der Waals surface area contributed by atoms with Crippen LogP contribution >= 0.6 is 0 Å². The Morgan fingerprint density at radius 3 is 2.15 bits per heavy atom. The van der Waals surface area contributed by atoms with Gasteiger partial charge in [0.2, 0.25) is 5.95 Å². The third-order valence-corrected chi connectivity index (χ3v) is 4.22. The second kappa shape index (κ2) is 8.89. The Balaban J connectivity index is 1.88. The first kappa shape index (κ1) is 18.5. The largest absolute Gasteiger partial charge is 0.337 e. The predicted molar refractivity (Wildman–Crippen MR) is 106 cm³/mol. The van der Waals surface area contributed by atoms with Crippen molar-refractivity contribution in [2.24, 2.45) is 0 Å². The maximum absolute atomic E-state index is 12.9. The Kier molecular flexibility index (Phi) is 6.10. The highest BCUT2D eigenvalue weighted by Gasteiger charge is 2.22. The summed E-state index contributed by atoms with van der Waals surface area (Å²) < 4.78 is 0. The molecule has 0 spiro atoms. The van der Waals surface area contributed by atoms with E-state index < -0.39 is 6.04 Å². The van der Waals surface area contributed by atoms with Gasteiger partial charge in [-0.3, -0.25) is 4.79 Å². The molecular weight excluding hydrogens is 338 g/mol. The van der Waals surface area contributed by atoms with E-state index in [0.29, 0.717) is 5.95 Å². The molecule has 1 unspecified atom stereocenters. The van der Waals surface area contributed by atoms with Crippen LogP contribution in [0.15, 0.2) is 60.7 Å². The van der Waals surface area contributed by atoms with E-state index in [1.54, 1.807) is 0 Å². The number of amides is 1. The average Bonchev–Trinajstić information content (AvgIpc) is 2.73. The van der Waals surface area contributed by atoms with Crippen LogP contribution in [-0.4, -0.2) is 21.1 Å². The number of hydrogen-bond donors (Lipinski definition) is 2. The van der Waals surface area contributed by atoms with Crippen LogP contribution in [0.4, 0.5) is 11.6 Å². The van der Waals surface area contributed by atoms with Crippen molar-refractivity contribution < 1.29 is 4.79 Å². The third-order valence-electron chi connectivity index (χ3n) is 4.22. The molecule has 3 rings (SSSR count). The number of hydrogen-bond acceptors (Lipinski definition) is 5. The monoisotopic (exact) mass is 361 g/mol. The quantitative estimate of drug-likeness (QED) is 0.669. The fraction of sp³-hybridized carbons (Fsp3) is 0.238. The Bertz CT molecular complexity index is 884. The van der Waals surface area contributed by atoms with Crippen molar-refractivity contribution in [2.45, 2.75) is 32.7 Å². The summed E-state index contributed by atoms with van der Waals surface area (Å²) in [5, 5.41) is 14.5. The molecule has 6 nitrogen and oxygen atoms in total. The lowest BCUT2D eigenvalue weighted by Gasteiger charge is -2.19. The molecule has 27 heavy (non-hydrogen) atoms. The number of nitrogens with zero attached hydrogens (tertiary/aromatic N) is 3. The summed E-state index contributed by atoms with van der Waals surface area (Å²) >= 11 is 0. The number of aryl methyl sites for hydroxylation is 2. The molecule has 0 aliphatic heterocycles. The Labute approximate surface area is 159 Å². The number of benzene rings is 2. The van der Waals surface area contributed by atoms with Gasteiger partial charge in [0.25, 0.3) is 5.91 Å². The maximum Gasteiger partial charge on any atom is 0.251 e. The summed E-state index contributed by atoms with van der Waals surface area (Å²) in [6.45, 7) is 4.06. The molecule has 1 heterocycles. The molecular formula is C21H23N5O. The predicted octanol–water partition coefficient (Wildman–Crippen LogP) is 3.79. The van der Waals surface area contributed by atoms with E-state index in [-0.39, 0.29) is 5.91 Å². The van der Waals surface area contributed by atoms with Crippen LogP contribution < -0.4 is 10.6 Å². The third kappa shape index (κ3) is 4.67. The molecule has 2 N–H and O–H groups in total. The molecule has 0 saturated carbocycles. The minimum absolute atomic E-state index is 0.186. The zero-order valence-electron chi connectivity index (χ0n) is 15.5. The summed E-state index contributed by atoms with van der Waals surface area (Å²) in [7, 11) is 0. The van der Waals surface area contributed by atoms with Crippen molar-refractivity contribution in [3.05, 3.63) is 77.6 Å². The molecule has 0 aliphatic carbocycles. The molecule has 1 atom stereocenters. The fourth-order valence-electron chi connectivity index (χ4n) is 2.81. The number of nitrogens with one attached hydrogen (secondary N) is 2. The first-order valence-corrected chi connectivity index (χ1v) is 9.11. The van der Waals surface area contributed by atoms with Crippen molar-refractivity contribution in [2.75, 3.05) is 10.6 Å². The molecule has 0 saturated heterocycles. The van der Waals surface area contributed by atoms with Crippen LogP contribution in [0.3, 0.4) is 0 Å². The van der Waals surface area contributed by atoms with Crippen molar-refractivity contribution in [3.8, 4) is 0 Å². The van der Waals surface area contributed by atoms with Crippen molar-refractivity contribution in [1.29, 1.82) is 0 Å². The molecule has 3 aromatic rings. The van der Waals surface area contributed by atoms with Gasteiger partial charge >= 0.3 is 0 Å². The zero-order valence-corrected chi connectivity index (χ0v) is 15.5. The fourth-order valence-corrected chi connectivity index (χ4v) is 2.81. The molecule has 2 aromatic carbocycles. The minimum Gasteiger partial charge on any atom is -0.337 e. The average molecular weight is 361 g/mol. The highest BCUT2D eigenvalue weighted by Crippen LogP contribution is 2.20. The SMILES string of the molecule is CCc1nnc(NC(C(=O)Nc2ccccc2)c2ccccc2)nc1CC. The molecule has 138 valence electrons. The molecule has 1 aromatic heterocycles. The van der Waals surface area contributed by atoms with Gasteiger partial charge in [0.05, 0.1) is 11.4 Å². The summed E-state index contributed by atoms with van der Waals surface area (Å²) in [6, 6.07) is 18.2. The number of anilines is 2. The Morgan fingerprint density at radius 1 is 0.889 bits per heavy atom. The summed E-state index contributed by atoms with van der Waals surface area (Å²) in [5.41, 5.74) is 3.34. The molecule has 0 fully saturated rings. The van der Waals surface area contributed by atoms with E-state index in [9.17, 15) is 4.79 Å². The zero-order chi connectivity index (χ0) is 19.1. The van der Waals surface area contributed by atoms with Crippen LogP contribution in [0.25, 0.3) is 0 Å². The van der Waals surface area contributed by atoms with Gasteiger partial charge < -0.3 is 10.6 Å². The molecule has 0 bridgehead atoms. The molecule has 6 heteroatoms. The Hall–Kier alpha value is -3.28. The number of carbonyl (C=O) groups excluding carboxylic acids is 1. The highest BCUT2D eigenvalue weighted by atomic mass is 16.2. The van der Waals surface area contributed by atoms with Crippen molar-refractivity contribution in [3.63, 3.8) is 0 Å². The standard InChI is InChI=1S/C21H23N5O/c1-3-17-18(4-2)25-26-21(23-17)24-19(15-11-7-5-8-12-15)20(27)22-16-13-9-6-10-14-16/h5-14,19H,3-4H2,1-2H3,(H,22,27)(H,23,24,26). The smallest absolute Gasteiger partial charge is 0.251 e. The topological polar surface area (TPSA) is 79.8 Å². The van der Waals surface area contributed by atoms with Crippen molar-refractivity contribution >= 4 is 17.5 Å². The van der Waals surface area contributed by atoms with Crippen molar-refractivity contribution in [1.82, 2.24) is 15.2 Å². The van der Waals surface area contributed by atoms with E-state index >= 15 is 0 Å². The van der Waals surface area contributed by atoms with Gasteiger partial charge in [-0.25, -0.2) is 4.98 Å². The van der Waals surface area contributed by atoms with Crippen LogP contribution in [0.1, 0.15) is 36.8 Å². The molecule has 0 aliphatic rings. The number of carbonyl (C=O) groups is 1. The van der Waals surface area contributed by atoms with E-state index in [1.807, 2.05) is 74.5 Å². The summed E-state index contributed by atoms with van der Waals surface area (Å²) in [6.07, 6.45) is 1.54. The van der Waals surface area contributed by atoms with Gasteiger partial charge in [0, 0.05) is 5.69 Å². The van der Waals surface area contributed by atoms with Gasteiger partial charge in [-0.2, -0.15) is 5.10 Å². The van der Waals surface area contributed by atoms with Gasteiger partial charge in [0.1, 0.15) is 6.04 Å². The number of aromatic nitrogens is 3. The van der Waals surface area contributed by atoms with Gasteiger partial charge in [-0.1, -0.05) is 62.4 Å². The maximum atomic E-state index is 12.9. The van der Waals surface area contributed by atoms with Crippen LogP contribution in [0.5, 0.6) is 0 Å². The van der Waals surface area contributed by atoms with E-state index in [2.05, 4.69) is 25.8 Å². The van der Waals surface area contributed by atoms with Gasteiger partial charge in [0.15, 0.2) is 0 Å². The van der Waals surface area contributed by atoms with Crippen LogP contribution in [0.2, 0.25) is 0 Å².